The third-order valence-corrected chi connectivity index (χ3v) is 3.34. The van der Waals surface area contributed by atoms with Crippen molar-refractivity contribution in [2.45, 2.75) is 31.7 Å². The zero-order valence-electron chi connectivity index (χ0n) is 14.0. The molecule has 0 saturated carbocycles. The molecule has 2 amide bonds. The highest BCUT2D eigenvalue weighted by atomic mass is 16.5. The maximum atomic E-state index is 11.9. The Balaban J connectivity index is 2.43. The van der Waals surface area contributed by atoms with Crippen LogP contribution in [0.15, 0.2) is 30.3 Å². The predicted molar refractivity (Wildman–Crippen MR) is 88.6 cm³/mol. The lowest BCUT2D eigenvalue weighted by molar-refractivity contribution is -0.145. The van der Waals surface area contributed by atoms with Crippen LogP contribution >= 0.6 is 0 Å². The van der Waals surface area contributed by atoms with Gasteiger partial charge in [-0.2, -0.15) is 0 Å². The van der Waals surface area contributed by atoms with E-state index in [4.69, 9.17) is 9.84 Å². The van der Waals surface area contributed by atoms with Crippen molar-refractivity contribution < 1.29 is 29.0 Å². The minimum Gasteiger partial charge on any atom is -0.481 e. The minimum absolute atomic E-state index is 0.0267. The molecule has 0 bridgehead atoms. The second kappa shape index (κ2) is 10.8. The lowest BCUT2D eigenvalue weighted by Crippen LogP contribution is -2.44. The van der Waals surface area contributed by atoms with Crippen LogP contribution in [0.4, 0.5) is 0 Å². The molecule has 0 heterocycles. The number of benzene rings is 1. The Kier molecular flexibility index (Phi) is 8.70. The molecular weight excluding hydrogens is 328 g/mol. The summed E-state index contributed by atoms with van der Waals surface area (Å²) < 4.78 is 4.70. The van der Waals surface area contributed by atoms with Gasteiger partial charge in [0.25, 0.3) is 0 Å². The molecule has 0 aromatic heterocycles. The highest BCUT2D eigenvalue weighted by Gasteiger charge is 2.21. The Hall–Kier alpha value is -2.90. The normalized spacial score (nSPS) is 11.2. The number of carbonyl (C=O) groups is 4. The minimum atomic E-state index is -1.06. The number of aliphatic carboxylic acids is 1. The predicted octanol–water partition coefficient (Wildman–Crippen LogP) is 0.258. The fourth-order valence-corrected chi connectivity index (χ4v) is 2.08. The van der Waals surface area contributed by atoms with E-state index in [0.717, 1.165) is 5.56 Å². The Morgan fingerprint density at radius 1 is 1.04 bits per heavy atom. The van der Waals surface area contributed by atoms with Crippen LogP contribution in [-0.4, -0.2) is 48.6 Å². The largest absolute Gasteiger partial charge is 0.481 e. The first-order chi connectivity index (χ1) is 11.9. The number of carbonyl (C=O) groups excluding carboxylic acids is 3. The molecule has 8 nitrogen and oxygen atoms in total. The highest BCUT2D eigenvalue weighted by Crippen LogP contribution is 2.05. The van der Waals surface area contributed by atoms with Gasteiger partial charge in [-0.3, -0.25) is 14.4 Å². The first-order valence-electron chi connectivity index (χ1n) is 7.82. The Labute approximate surface area is 145 Å². The van der Waals surface area contributed by atoms with E-state index >= 15 is 0 Å². The third-order valence-electron chi connectivity index (χ3n) is 3.34. The number of hydrogen-bond acceptors (Lipinski definition) is 5. The molecule has 0 unspecified atom stereocenters. The number of ether oxygens (including phenoxy) is 1. The molecule has 25 heavy (non-hydrogen) atoms. The lowest BCUT2D eigenvalue weighted by Gasteiger charge is -2.16. The van der Waals surface area contributed by atoms with Crippen molar-refractivity contribution in [3.8, 4) is 0 Å². The van der Waals surface area contributed by atoms with E-state index in [1.807, 2.05) is 30.3 Å². The summed E-state index contributed by atoms with van der Waals surface area (Å²) in [5.74, 6) is -2.47. The molecule has 1 atom stereocenters. The summed E-state index contributed by atoms with van der Waals surface area (Å²) in [7, 11) is 1.25. The molecule has 1 aromatic carbocycles. The van der Waals surface area contributed by atoms with Gasteiger partial charge in [0.15, 0.2) is 0 Å². The molecule has 8 heteroatoms. The van der Waals surface area contributed by atoms with E-state index in [2.05, 4.69) is 10.6 Å². The van der Waals surface area contributed by atoms with Gasteiger partial charge < -0.3 is 20.5 Å². The Bertz CT molecular complexity index is 602. The van der Waals surface area contributed by atoms with Crippen LogP contribution in [0.5, 0.6) is 0 Å². The summed E-state index contributed by atoms with van der Waals surface area (Å²) in [4.78, 5) is 45.5. The van der Waals surface area contributed by atoms with E-state index < -0.39 is 29.8 Å². The van der Waals surface area contributed by atoms with Crippen molar-refractivity contribution in [1.29, 1.82) is 0 Å². The Morgan fingerprint density at radius 3 is 2.32 bits per heavy atom. The van der Waals surface area contributed by atoms with Gasteiger partial charge in [-0.1, -0.05) is 30.3 Å². The van der Waals surface area contributed by atoms with Crippen molar-refractivity contribution in [2.24, 2.45) is 0 Å². The molecule has 1 aromatic rings. The van der Waals surface area contributed by atoms with Crippen LogP contribution in [0.25, 0.3) is 0 Å². The number of carboxylic acid groups (broad SMARTS) is 1. The van der Waals surface area contributed by atoms with Crippen molar-refractivity contribution in [1.82, 2.24) is 10.6 Å². The van der Waals surface area contributed by atoms with Crippen molar-refractivity contribution in [3.63, 3.8) is 0 Å². The summed E-state index contributed by atoms with van der Waals surface area (Å²) in [5, 5.41) is 13.5. The molecule has 0 aliphatic carbocycles. The fourth-order valence-electron chi connectivity index (χ4n) is 2.08. The second-order valence-corrected chi connectivity index (χ2v) is 5.33. The average Bonchev–Trinajstić information content (AvgIpc) is 2.59. The van der Waals surface area contributed by atoms with Gasteiger partial charge >= 0.3 is 11.9 Å². The standard InChI is InChI=1S/C17H22N2O6/c1-25-17(24)13(11-12-5-3-2-4-6-12)19-15(21)9-10-18-14(20)7-8-16(22)23/h2-6,13H,7-11H2,1H3,(H,18,20)(H,19,21)(H,22,23)/t13-/m1/s1. The van der Waals surface area contributed by atoms with Crippen LogP contribution in [0.2, 0.25) is 0 Å². The van der Waals surface area contributed by atoms with Crippen LogP contribution in [0.3, 0.4) is 0 Å². The van der Waals surface area contributed by atoms with Crippen LogP contribution in [0.1, 0.15) is 24.8 Å². The van der Waals surface area contributed by atoms with Gasteiger partial charge in [0, 0.05) is 25.8 Å². The fraction of sp³-hybridized carbons (Fsp3) is 0.412. The summed E-state index contributed by atoms with van der Waals surface area (Å²) in [5.41, 5.74) is 0.875. The Morgan fingerprint density at radius 2 is 1.72 bits per heavy atom. The molecule has 0 aliphatic heterocycles. The first-order valence-corrected chi connectivity index (χ1v) is 7.82. The molecule has 3 N–H and O–H groups in total. The average molecular weight is 350 g/mol. The second-order valence-electron chi connectivity index (χ2n) is 5.33. The van der Waals surface area contributed by atoms with Gasteiger partial charge in [-0.15, -0.1) is 0 Å². The number of esters is 1. The maximum Gasteiger partial charge on any atom is 0.328 e. The zero-order valence-corrected chi connectivity index (χ0v) is 14.0. The summed E-state index contributed by atoms with van der Waals surface area (Å²) in [6.45, 7) is 0.0590. The summed E-state index contributed by atoms with van der Waals surface area (Å²) in [6.07, 6.45) is -0.138. The monoisotopic (exact) mass is 350 g/mol. The van der Waals surface area contributed by atoms with E-state index in [1.165, 1.54) is 7.11 Å². The van der Waals surface area contributed by atoms with Gasteiger partial charge in [0.05, 0.1) is 13.5 Å². The van der Waals surface area contributed by atoms with E-state index in [1.54, 1.807) is 0 Å². The smallest absolute Gasteiger partial charge is 0.328 e. The van der Waals surface area contributed by atoms with E-state index in [-0.39, 0.29) is 25.8 Å². The highest BCUT2D eigenvalue weighted by molar-refractivity contribution is 5.85. The number of amides is 2. The molecule has 0 spiro atoms. The quantitative estimate of drug-likeness (QED) is 0.520. The van der Waals surface area contributed by atoms with Gasteiger partial charge in [-0.25, -0.2) is 4.79 Å². The van der Waals surface area contributed by atoms with Gasteiger partial charge in [0.2, 0.25) is 11.8 Å². The number of hydrogen-bond donors (Lipinski definition) is 3. The SMILES string of the molecule is COC(=O)[C@@H](Cc1ccccc1)NC(=O)CCNC(=O)CCC(=O)O. The topological polar surface area (TPSA) is 122 Å². The summed E-state index contributed by atoms with van der Waals surface area (Å²) >= 11 is 0. The van der Waals surface area contributed by atoms with Crippen molar-refractivity contribution in [3.05, 3.63) is 35.9 Å². The third kappa shape index (κ3) is 8.50. The molecule has 0 aliphatic rings. The first kappa shape index (κ1) is 20.1. The van der Waals surface area contributed by atoms with Crippen LogP contribution in [0, 0.1) is 0 Å². The number of carboxylic acids is 1. The lowest BCUT2D eigenvalue weighted by atomic mass is 10.1. The zero-order chi connectivity index (χ0) is 18.7. The molecule has 0 fully saturated rings. The number of rotatable bonds is 10. The molecule has 136 valence electrons. The molecule has 1 rings (SSSR count). The van der Waals surface area contributed by atoms with Crippen LogP contribution in [-0.2, 0) is 30.3 Å². The molecular formula is C17H22N2O6. The number of nitrogens with one attached hydrogen (secondary N) is 2. The number of methoxy groups -OCH3 is 1. The van der Waals surface area contributed by atoms with E-state index in [0.29, 0.717) is 6.42 Å². The summed E-state index contributed by atoms with van der Waals surface area (Å²) in [6, 6.07) is 8.37. The maximum absolute atomic E-state index is 11.9. The molecule has 0 radical (unpaired) electrons. The molecule has 0 saturated heterocycles. The van der Waals surface area contributed by atoms with Crippen molar-refractivity contribution in [2.75, 3.05) is 13.7 Å². The van der Waals surface area contributed by atoms with Crippen LogP contribution < -0.4 is 10.6 Å². The van der Waals surface area contributed by atoms with E-state index in [9.17, 15) is 19.2 Å². The van der Waals surface area contributed by atoms with Crippen molar-refractivity contribution >= 4 is 23.8 Å². The van der Waals surface area contributed by atoms with Gasteiger partial charge in [-0.05, 0) is 5.56 Å². The van der Waals surface area contributed by atoms with Gasteiger partial charge in [0.1, 0.15) is 6.04 Å².